The number of nitrogens with zero attached hydrogens (tertiary/aromatic N) is 3. The van der Waals surface area contributed by atoms with E-state index < -0.39 is 11.7 Å². The Bertz CT molecular complexity index is 648. The Morgan fingerprint density at radius 3 is 2.48 bits per heavy atom. The number of hydrogen-bond donors (Lipinski definition) is 0. The summed E-state index contributed by atoms with van der Waals surface area (Å²) in [6.07, 6.45) is -1.89. The first-order valence-corrected chi connectivity index (χ1v) is 6.41. The Kier molecular flexibility index (Phi) is 3.19. The smallest absolute Gasteiger partial charge is 0.326 e. The molecule has 0 saturated heterocycles. The molecule has 0 amide bonds. The monoisotopic (exact) mass is 295 g/mol. The van der Waals surface area contributed by atoms with Crippen molar-refractivity contribution in [1.29, 1.82) is 0 Å². The van der Waals surface area contributed by atoms with Gasteiger partial charge in [-0.2, -0.15) is 18.3 Å². The number of carbonyl (C=O) groups excluding carboxylic acids is 1. The summed E-state index contributed by atoms with van der Waals surface area (Å²) in [6, 6.07) is 6.68. The number of fused-ring (bicyclic) bond motifs is 1. The normalized spacial score (nSPS) is 18.4. The first-order valence-electron chi connectivity index (χ1n) is 6.41. The fourth-order valence-electron chi connectivity index (χ4n) is 2.46. The van der Waals surface area contributed by atoms with Crippen molar-refractivity contribution in [2.75, 3.05) is 11.4 Å². The predicted molar refractivity (Wildman–Crippen MR) is 70.2 cm³/mol. The first-order chi connectivity index (χ1) is 9.99. The van der Waals surface area contributed by atoms with Crippen LogP contribution >= 0.6 is 0 Å². The van der Waals surface area contributed by atoms with Gasteiger partial charge in [0.15, 0.2) is 0 Å². The maximum atomic E-state index is 12.6. The van der Waals surface area contributed by atoms with Crippen molar-refractivity contribution in [1.82, 2.24) is 9.78 Å². The van der Waals surface area contributed by atoms with E-state index >= 15 is 0 Å². The molecule has 0 fully saturated rings. The minimum absolute atomic E-state index is 0.236. The summed E-state index contributed by atoms with van der Waals surface area (Å²) < 4.78 is 39.5. The second-order valence-corrected chi connectivity index (χ2v) is 4.92. The Morgan fingerprint density at radius 1 is 1.14 bits per heavy atom. The standard InChI is InChI=1S/C14H12F3N3O/c15-14(16,17)11-1-3-12(4-2-11)19-7-10(9-21)8-20-13(19)5-6-18-20/h1-6,9-10H,7-8H2. The fraction of sp³-hybridized carbons (Fsp3) is 0.286. The lowest BCUT2D eigenvalue weighted by atomic mass is 10.1. The highest BCUT2D eigenvalue weighted by Gasteiger charge is 2.31. The molecule has 3 rings (SSSR count). The van der Waals surface area contributed by atoms with E-state index in [1.54, 1.807) is 21.8 Å². The molecule has 0 radical (unpaired) electrons. The van der Waals surface area contributed by atoms with Crippen LogP contribution in [-0.2, 0) is 17.5 Å². The molecule has 1 aliphatic heterocycles. The van der Waals surface area contributed by atoms with E-state index in [0.717, 1.165) is 24.2 Å². The molecule has 21 heavy (non-hydrogen) atoms. The van der Waals surface area contributed by atoms with Crippen molar-refractivity contribution in [3.8, 4) is 0 Å². The molecule has 0 N–H and O–H groups in total. The molecule has 1 atom stereocenters. The zero-order chi connectivity index (χ0) is 15.0. The largest absolute Gasteiger partial charge is 0.416 e. The van der Waals surface area contributed by atoms with Crippen molar-refractivity contribution in [2.45, 2.75) is 12.7 Å². The summed E-state index contributed by atoms with van der Waals surface area (Å²) >= 11 is 0. The second kappa shape index (κ2) is 4.91. The van der Waals surface area contributed by atoms with Gasteiger partial charge in [0.2, 0.25) is 0 Å². The number of aromatic nitrogens is 2. The van der Waals surface area contributed by atoms with Crippen LogP contribution in [0, 0.1) is 5.92 Å². The van der Waals surface area contributed by atoms with Crippen LogP contribution in [0.2, 0.25) is 0 Å². The van der Waals surface area contributed by atoms with Gasteiger partial charge in [-0.05, 0) is 24.3 Å². The van der Waals surface area contributed by atoms with Gasteiger partial charge >= 0.3 is 6.18 Å². The third kappa shape index (κ3) is 2.51. The van der Waals surface area contributed by atoms with Gasteiger partial charge < -0.3 is 9.69 Å². The molecule has 2 heterocycles. The molecule has 0 aliphatic carbocycles. The van der Waals surface area contributed by atoms with Gasteiger partial charge in [-0.15, -0.1) is 0 Å². The van der Waals surface area contributed by atoms with Gasteiger partial charge in [0.05, 0.1) is 24.2 Å². The van der Waals surface area contributed by atoms with Crippen LogP contribution in [0.15, 0.2) is 36.5 Å². The summed E-state index contributed by atoms with van der Waals surface area (Å²) in [4.78, 5) is 12.8. The molecule has 7 heteroatoms. The van der Waals surface area contributed by atoms with E-state index in [1.165, 1.54) is 12.1 Å². The minimum Gasteiger partial charge on any atom is -0.326 e. The molecule has 0 saturated carbocycles. The van der Waals surface area contributed by atoms with E-state index in [0.29, 0.717) is 18.8 Å². The number of benzene rings is 1. The van der Waals surface area contributed by atoms with Crippen LogP contribution in [0.25, 0.3) is 0 Å². The van der Waals surface area contributed by atoms with E-state index in [1.807, 2.05) is 0 Å². The molecule has 0 spiro atoms. The van der Waals surface area contributed by atoms with Crippen molar-refractivity contribution in [3.05, 3.63) is 42.1 Å². The summed E-state index contributed by atoms with van der Waals surface area (Å²) in [7, 11) is 0. The topological polar surface area (TPSA) is 38.1 Å². The number of halogens is 3. The minimum atomic E-state index is -4.35. The van der Waals surface area contributed by atoms with Crippen molar-refractivity contribution >= 4 is 17.8 Å². The Hall–Kier alpha value is -2.31. The molecule has 4 nitrogen and oxygen atoms in total. The average Bonchev–Trinajstić information content (AvgIpc) is 2.93. The Labute approximate surface area is 118 Å². The number of hydrogen-bond acceptors (Lipinski definition) is 3. The van der Waals surface area contributed by atoms with Crippen LogP contribution in [0.5, 0.6) is 0 Å². The summed E-state index contributed by atoms with van der Waals surface area (Å²) in [6.45, 7) is 0.920. The van der Waals surface area contributed by atoms with Crippen LogP contribution in [0.4, 0.5) is 24.7 Å². The van der Waals surface area contributed by atoms with Gasteiger partial charge in [0.1, 0.15) is 12.1 Å². The number of aldehydes is 1. The molecule has 2 aromatic rings. The van der Waals surface area contributed by atoms with Crippen LogP contribution in [0.3, 0.4) is 0 Å². The van der Waals surface area contributed by atoms with Crippen molar-refractivity contribution in [3.63, 3.8) is 0 Å². The second-order valence-electron chi connectivity index (χ2n) is 4.92. The molecule has 110 valence electrons. The van der Waals surface area contributed by atoms with Gasteiger partial charge in [0, 0.05) is 18.3 Å². The van der Waals surface area contributed by atoms with E-state index in [-0.39, 0.29) is 5.92 Å². The summed E-state index contributed by atoms with van der Waals surface area (Å²) in [5.41, 5.74) is -0.0833. The Morgan fingerprint density at radius 2 is 1.86 bits per heavy atom. The van der Waals surface area contributed by atoms with Gasteiger partial charge in [-0.1, -0.05) is 0 Å². The molecular formula is C14H12F3N3O. The molecule has 1 aliphatic rings. The lowest BCUT2D eigenvalue weighted by Crippen LogP contribution is -2.36. The van der Waals surface area contributed by atoms with Gasteiger partial charge in [-0.25, -0.2) is 4.68 Å². The van der Waals surface area contributed by atoms with E-state index in [2.05, 4.69) is 5.10 Å². The predicted octanol–water partition coefficient (Wildman–Crippen LogP) is 2.87. The number of alkyl halides is 3. The van der Waals surface area contributed by atoms with Crippen LogP contribution in [-0.4, -0.2) is 22.6 Å². The van der Waals surface area contributed by atoms with E-state index in [9.17, 15) is 18.0 Å². The fourth-order valence-corrected chi connectivity index (χ4v) is 2.46. The van der Waals surface area contributed by atoms with Gasteiger partial charge in [0.25, 0.3) is 0 Å². The first kappa shape index (κ1) is 13.7. The van der Waals surface area contributed by atoms with Gasteiger partial charge in [-0.3, -0.25) is 0 Å². The third-order valence-corrected chi connectivity index (χ3v) is 3.49. The maximum absolute atomic E-state index is 12.6. The van der Waals surface area contributed by atoms with Crippen LogP contribution < -0.4 is 4.90 Å². The number of rotatable bonds is 2. The highest BCUT2D eigenvalue weighted by molar-refractivity contribution is 5.65. The lowest BCUT2D eigenvalue weighted by Gasteiger charge is -2.32. The van der Waals surface area contributed by atoms with Crippen LogP contribution in [0.1, 0.15) is 5.56 Å². The summed E-state index contributed by atoms with van der Waals surface area (Å²) in [5.74, 6) is 0.535. The van der Waals surface area contributed by atoms with Crippen molar-refractivity contribution < 1.29 is 18.0 Å². The molecule has 1 unspecified atom stereocenters. The molecule has 1 aromatic heterocycles. The highest BCUT2D eigenvalue weighted by Crippen LogP contribution is 2.34. The zero-order valence-corrected chi connectivity index (χ0v) is 10.9. The quantitative estimate of drug-likeness (QED) is 0.800. The zero-order valence-electron chi connectivity index (χ0n) is 10.9. The number of anilines is 2. The SMILES string of the molecule is O=CC1CN(c2ccc(C(F)(F)F)cc2)c2ccnn2C1. The third-order valence-electron chi connectivity index (χ3n) is 3.49. The number of carbonyl (C=O) groups is 1. The highest BCUT2D eigenvalue weighted by atomic mass is 19.4. The van der Waals surface area contributed by atoms with E-state index in [4.69, 9.17) is 0 Å². The van der Waals surface area contributed by atoms with Crippen molar-refractivity contribution in [2.24, 2.45) is 5.92 Å². The summed E-state index contributed by atoms with van der Waals surface area (Å²) in [5, 5.41) is 4.12. The average molecular weight is 295 g/mol. The molecule has 1 aromatic carbocycles. The lowest BCUT2D eigenvalue weighted by molar-refractivity contribution is -0.137. The molecule has 0 bridgehead atoms. The Balaban J connectivity index is 1.95. The molecular weight excluding hydrogens is 283 g/mol. The maximum Gasteiger partial charge on any atom is 0.416 e.